The van der Waals surface area contributed by atoms with Crippen molar-refractivity contribution in [3.05, 3.63) is 0 Å². The van der Waals surface area contributed by atoms with Crippen LogP contribution in [0.4, 0.5) is 0 Å². The molecule has 0 aliphatic rings. The van der Waals surface area contributed by atoms with Gasteiger partial charge in [-0.3, -0.25) is 0 Å². The van der Waals surface area contributed by atoms with E-state index < -0.39 is 0 Å². The van der Waals surface area contributed by atoms with Gasteiger partial charge in [-0.05, 0) is 0 Å². The van der Waals surface area contributed by atoms with Gasteiger partial charge in [0.2, 0.25) is 0 Å². The summed E-state index contributed by atoms with van der Waals surface area (Å²) in [6, 6.07) is 0. The summed E-state index contributed by atoms with van der Waals surface area (Å²) in [4.78, 5) is 0. The zero-order valence-corrected chi connectivity index (χ0v) is 10.7. The second kappa shape index (κ2) is 16.5. The van der Waals surface area contributed by atoms with Crippen LogP contribution in [0, 0.1) is 0 Å². The average molecular weight is 234 g/mol. The second-order valence-electron chi connectivity index (χ2n) is 2.28. The Balaban J connectivity index is 0. The van der Waals surface area contributed by atoms with E-state index in [0.717, 1.165) is 0 Å². The van der Waals surface area contributed by atoms with E-state index in [4.69, 9.17) is 24.4 Å². The molecule has 0 aliphatic heterocycles. The van der Waals surface area contributed by atoms with Gasteiger partial charge >= 0.3 is 0 Å². The van der Waals surface area contributed by atoms with E-state index in [1.165, 1.54) is 0 Å². The fourth-order valence-electron chi connectivity index (χ4n) is 0.671. The Bertz CT molecular complexity index is 83.8. The maximum atomic E-state index is 8.36. The molecule has 0 fully saturated rings. The minimum absolute atomic E-state index is 0. The molecule has 0 aliphatic carbocycles. The molecule has 0 rings (SSSR count). The van der Waals surface area contributed by atoms with Gasteiger partial charge in [-0.25, -0.2) is 0 Å². The van der Waals surface area contributed by atoms with Crippen LogP contribution in [0.2, 0.25) is 0 Å². The Labute approximate surface area is 114 Å². The van der Waals surface area contributed by atoms with Crippen molar-refractivity contribution < 1.29 is 24.4 Å². The summed E-state index contributed by atoms with van der Waals surface area (Å²) in [5.41, 5.74) is 0. The molecule has 0 aromatic rings. The van der Waals surface area contributed by atoms with Gasteiger partial charge in [0, 0.05) is 37.7 Å². The predicted octanol–water partition coefficient (Wildman–Crippen LogP) is -1.36. The molecule has 14 heavy (non-hydrogen) atoms. The number of aliphatic hydroxyl groups is 2. The summed E-state index contributed by atoms with van der Waals surface area (Å²) < 4.78 is 15.0. The maximum absolute atomic E-state index is 8.36. The minimum atomic E-state index is 0. The molecule has 82 valence electrons. The van der Waals surface area contributed by atoms with Crippen LogP contribution in [0.25, 0.3) is 0 Å². The Kier molecular flexibility index (Phi) is 20.6. The van der Waals surface area contributed by atoms with Crippen LogP contribution in [0.5, 0.6) is 0 Å². The molecule has 0 spiro atoms. The van der Waals surface area contributed by atoms with Crippen molar-refractivity contribution in [1.29, 1.82) is 0 Å². The van der Waals surface area contributed by atoms with Crippen molar-refractivity contribution in [3.63, 3.8) is 0 Å². The van der Waals surface area contributed by atoms with Crippen molar-refractivity contribution in [3.8, 4) is 0 Å². The Morgan fingerprint density at radius 1 is 0.571 bits per heavy atom. The first-order valence-electron chi connectivity index (χ1n) is 4.36. The van der Waals surface area contributed by atoms with Crippen LogP contribution in [0.15, 0.2) is 0 Å². The molecule has 5 nitrogen and oxygen atoms in total. The normalized spacial score (nSPS) is 9.86. The quantitative estimate of drug-likeness (QED) is 0.361. The molecule has 0 saturated heterocycles. The van der Waals surface area contributed by atoms with Crippen molar-refractivity contribution in [2.75, 3.05) is 52.9 Å². The molecule has 0 saturated carbocycles. The summed E-state index contributed by atoms with van der Waals surface area (Å²) in [6.45, 7) is 2.76. The first-order chi connectivity index (χ1) is 6.41. The zero-order valence-electron chi connectivity index (χ0n) is 8.48. The van der Waals surface area contributed by atoms with E-state index in [1.807, 2.05) is 0 Å². The largest absolute Gasteiger partial charge is 0.394 e. The number of hydrogen-bond donors (Lipinski definition) is 2. The van der Waals surface area contributed by atoms with E-state index in [0.29, 0.717) is 39.6 Å². The van der Waals surface area contributed by atoms with Crippen LogP contribution >= 0.6 is 0 Å². The van der Waals surface area contributed by atoms with E-state index in [-0.39, 0.29) is 51.0 Å². The number of ether oxygens (including phenoxy) is 3. The van der Waals surface area contributed by atoms with E-state index in [9.17, 15) is 0 Å². The maximum Gasteiger partial charge on any atom is 0.0701 e. The monoisotopic (exact) mass is 234 g/mol. The smallest absolute Gasteiger partial charge is 0.0701 e. The molecule has 2 radical (unpaired) electrons. The first-order valence-corrected chi connectivity index (χ1v) is 4.36. The van der Waals surface area contributed by atoms with Gasteiger partial charge in [0.15, 0.2) is 0 Å². The zero-order chi connectivity index (χ0) is 9.78. The van der Waals surface area contributed by atoms with Crippen molar-refractivity contribution in [1.82, 2.24) is 0 Å². The number of rotatable bonds is 10. The minimum Gasteiger partial charge on any atom is -0.394 e. The molecule has 0 unspecified atom stereocenters. The third-order valence-corrected chi connectivity index (χ3v) is 1.22. The molecular formula is C8H18CaO5. The molecule has 6 heteroatoms. The van der Waals surface area contributed by atoms with Crippen LogP contribution in [-0.2, 0) is 14.2 Å². The van der Waals surface area contributed by atoms with Gasteiger partial charge in [-0.15, -0.1) is 0 Å². The Morgan fingerprint density at radius 2 is 0.857 bits per heavy atom. The molecule has 0 aromatic carbocycles. The van der Waals surface area contributed by atoms with Crippen LogP contribution in [0.3, 0.4) is 0 Å². The van der Waals surface area contributed by atoms with Crippen molar-refractivity contribution in [2.24, 2.45) is 0 Å². The van der Waals surface area contributed by atoms with E-state index in [1.54, 1.807) is 0 Å². The molecule has 0 heterocycles. The Morgan fingerprint density at radius 3 is 1.14 bits per heavy atom. The predicted molar refractivity (Wildman–Crippen MR) is 52.4 cm³/mol. The van der Waals surface area contributed by atoms with Crippen LogP contribution in [0.1, 0.15) is 0 Å². The summed E-state index contributed by atoms with van der Waals surface area (Å²) in [5.74, 6) is 0. The summed E-state index contributed by atoms with van der Waals surface area (Å²) in [5, 5.41) is 16.7. The van der Waals surface area contributed by atoms with Gasteiger partial charge < -0.3 is 24.4 Å². The summed E-state index contributed by atoms with van der Waals surface area (Å²) >= 11 is 0. The number of hydrogen-bond acceptors (Lipinski definition) is 5. The fourth-order valence-corrected chi connectivity index (χ4v) is 0.671. The van der Waals surface area contributed by atoms with Crippen molar-refractivity contribution >= 4 is 37.7 Å². The molecule has 0 aromatic heterocycles. The van der Waals surface area contributed by atoms with Gasteiger partial charge in [0.05, 0.1) is 52.9 Å². The third-order valence-electron chi connectivity index (χ3n) is 1.22. The van der Waals surface area contributed by atoms with E-state index in [2.05, 4.69) is 0 Å². The average Bonchev–Trinajstić information content (AvgIpc) is 2.16. The van der Waals surface area contributed by atoms with Gasteiger partial charge in [0.1, 0.15) is 0 Å². The van der Waals surface area contributed by atoms with Crippen molar-refractivity contribution in [2.45, 2.75) is 0 Å². The molecule has 0 bridgehead atoms. The van der Waals surface area contributed by atoms with E-state index >= 15 is 0 Å². The van der Waals surface area contributed by atoms with Gasteiger partial charge in [0.25, 0.3) is 0 Å². The van der Waals surface area contributed by atoms with Gasteiger partial charge in [-0.1, -0.05) is 0 Å². The first kappa shape index (κ1) is 17.5. The molecule has 2 N–H and O–H groups in total. The topological polar surface area (TPSA) is 68.2 Å². The van der Waals surface area contributed by atoms with Crippen LogP contribution in [-0.4, -0.2) is 101 Å². The second-order valence-corrected chi connectivity index (χ2v) is 2.28. The summed E-state index contributed by atoms with van der Waals surface area (Å²) in [6.07, 6.45) is 0. The third kappa shape index (κ3) is 15.5. The van der Waals surface area contributed by atoms with Crippen LogP contribution < -0.4 is 0 Å². The Hall–Kier alpha value is 1.06. The molecule has 0 amide bonds. The summed E-state index contributed by atoms with van der Waals surface area (Å²) in [7, 11) is 0. The standard InChI is InChI=1S/C8H18O5.Ca/c9-1-3-11-5-7-13-8-6-12-4-2-10;/h9-10H,1-8H2;. The molecule has 0 atom stereocenters. The number of aliphatic hydroxyl groups excluding tert-OH is 2. The fraction of sp³-hybridized carbons (Fsp3) is 1.00. The molecular weight excluding hydrogens is 216 g/mol. The van der Waals surface area contributed by atoms with Gasteiger partial charge in [-0.2, -0.15) is 0 Å². The SMILES string of the molecule is OCCOCCOCCOCCO.[Ca].